The zero-order chi connectivity index (χ0) is 11.5. The minimum absolute atomic E-state index is 0.142. The standard InChI is InChI=1S/C13H18FNO/c1-10(11-2-4-12(14)5-3-11)15-8-6-13(16)7-9-15/h2-5,10,13,16H,6-9H2,1H3/t10-/m0/s1. The highest BCUT2D eigenvalue weighted by atomic mass is 19.1. The molecular weight excluding hydrogens is 205 g/mol. The number of benzene rings is 1. The maximum atomic E-state index is 12.8. The summed E-state index contributed by atoms with van der Waals surface area (Å²) in [6, 6.07) is 6.99. The summed E-state index contributed by atoms with van der Waals surface area (Å²) in [6.45, 7) is 3.96. The third kappa shape index (κ3) is 2.60. The molecule has 0 aliphatic carbocycles. The third-order valence-electron chi connectivity index (χ3n) is 3.40. The van der Waals surface area contributed by atoms with E-state index in [1.54, 1.807) is 0 Å². The normalized spacial score (nSPS) is 20.9. The van der Waals surface area contributed by atoms with Crippen LogP contribution in [0.25, 0.3) is 0 Å². The molecule has 2 rings (SSSR count). The predicted octanol–water partition coefficient (Wildman–Crippen LogP) is 2.34. The number of aliphatic hydroxyl groups excluding tert-OH is 1. The quantitative estimate of drug-likeness (QED) is 0.832. The molecule has 0 aromatic heterocycles. The van der Waals surface area contributed by atoms with E-state index >= 15 is 0 Å². The van der Waals surface area contributed by atoms with Crippen LogP contribution in [-0.4, -0.2) is 29.2 Å². The second kappa shape index (κ2) is 4.93. The lowest BCUT2D eigenvalue weighted by Crippen LogP contribution is -2.37. The summed E-state index contributed by atoms with van der Waals surface area (Å²) in [5.74, 6) is -0.190. The highest BCUT2D eigenvalue weighted by Gasteiger charge is 2.21. The third-order valence-corrected chi connectivity index (χ3v) is 3.40. The summed E-state index contributed by atoms with van der Waals surface area (Å²) >= 11 is 0. The molecule has 0 amide bonds. The van der Waals surface area contributed by atoms with Crippen LogP contribution >= 0.6 is 0 Å². The van der Waals surface area contributed by atoms with Gasteiger partial charge in [0, 0.05) is 19.1 Å². The van der Waals surface area contributed by atoms with E-state index in [0.29, 0.717) is 6.04 Å². The minimum atomic E-state index is -0.190. The Kier molecular flexibility index (Phi) is 3.56. The molecule has 1 aromatic carbocycles. The summed E-state index contributed by atoms with van der Waals surface area (Å²) in [6.07, 6.45) is 1.54. The second-order valence-electron chi connectivity index (χ2n) is 4.49. The van der Waals surface area contributed by atoms with Crippen LogP contribution in [0.4, 0.5) is 4.39 Å². The van der Waals surface area contributed by atoms with Crippen molar-refractivity contribution in [3.63, 3.8) is 0 Å². The fraction of sp³-hybridized carbons (Fsp3) is 0.538. The van der Waals surface area contributed by atoms with Crippen LogP contribution in [-0.2, 0) is 0 Å². The second-order valence-corrected chi connectivity index (χ2v) is 4.49. The lowest BCUT2D eigenvalue weighted by atomic mass is 10.0. The van der Waals surface area contributed by atoms with Gasteiger partial charge in [0.25, 0.3) is 0 Å². The first-order chi connectivity index (χ1) is 7.66. The molecule has 1 aliphatic heterocycles. The Morgan fingerprint density at radius 3 is 2.38 bits per heavy atom. The highest BCUT2D eigenvalue weighted by molar-refractivity contribution is 5.19. The van der Waals surface area contributed by atoms with Crippen molar-refractivity contribution < 1.29 is 9.50 Å². The molecule has 2 nitrogen and oxygen atoms in total. The number of nitrogens with zero attached hydrogens (tertiary/aromatic N) is 1. The van der Waals surface area contributed by atoms with Crippen LogP contribution in [0.1, 0.15) is 31.4 Å². The Balaban J connectivity index is 2.01. The van der Waals surface area contributed by atoms with Crippen LogP contribution in [0, 0.1) is 5.82 Å². The molecular formula is C13H18FNO. The van der Waals surface area contributed by atoms with Gasteiger partial charge < -0.3 is 5.11 Å². The monoisotopic (exact) mass is 223 g/mol. The first-order valence-electron chi connectivity index (χ1n) is 5.84. The van der Waals surface area contributed by atoms with Crippen molar-refractivity contribution in [3.05, 3.63) is 35.6 Å². The van der Waals surface area contributed by atoms with E-state index in [1.165, 1.54) is 12.1 Å². The van der Waals surface area contributed by atoms with Gasteiger partial charge >= 0.3 is 0 Å². The van der Waals surface area contributed by atoms with Crippen molar-refractivity contribution in [3.8, 4) is 0 Å². The average Bonchev–Trinajstić information content (AvgIpc) is 2.30. The van der Waals surface area contributed by atoms with E-state index in [0.717, 1.165) is 31.5 Å². The summed E-state index contributed by atoms with van der Waals surface area (Å²) in [5.41, 5.74) is 1.14. The van der Waals surface area contributed by atoms with Crippen LogP contribution in [0.3, 0.4) is 0 Å². The molecule has 0 bridgehead atoms. The first-order valence-corrected chi connectivity index (χ1v) is 5.84. The predicted molar refractivity (Wildman–Crippen MR) is 61.6 cm³/mol. The van der Waals surface area contributed by atoms with Gasteiger partial charge in [-0.15, -0.1) is 0 Å². The van der Waals surface area contributed by atoms with Crippen LogP contribution in [0.2, 0.25) is 0 Å². The molecule has 88 valence electrons. The topological polar surface area (TPSA) is 23.5 Å². The molecule has 0 unspecified atom stereocenters. The van der Waals surface area contributed by atoms with Crippen LogP contribution in [0.15, 0.2) is 24.3 Å². The lowest BCUT2D eigenvalue weighted by molar-refractivity contribution is 0.0645. The summed E-state index contributed by atoms with van der Waals surface area (Å²) in [5, 5.41) is 9.44. The smallest absolute Gasteiger partial charge is 0.123 e. The summed E-state index contributed by atoms with van der Waals surface area (Å²) in [7, 11) is 0. The number of halogens is 1. The van der Waals surface area contributed by atoms with Crippen LogP contribution in [0.5, 0.6) is 0 Å². The molecule has 3 heteroatoms. The molecule has 0 spiro atoms. The summed E-state index contributed by atoms with van der Waals surface area (Å²) < 4.78 is 12.8. The zero-order valence-electron chi connectivity index (χ0n) is 9.56. The fourth-order valence-electron chi connectivity index (χ4n) is 2.23. The van der Waals surface area contributed by atoms with Gasteiger partial charge in [0.1, 0.15) is 5.82 Å². The zero-order valence-corrected chi connectivity index (χ0v) is 9.56. The Morgan fingerprint density at radius 2 is 1.81 bits per heavy atom. The minimum Gasteiger partial charge on any atom is -0.393 e. The lowest BCUT2D eigenvalue weighted by Gasteiger charge is -2.34. The molecule has 1 aliphatic rings. The van der Waals surface area contributed by atoms with Gasteiger partial charge in [-0.1, -0.05) is 12.1 Å². The number of likely N-dealkylation sites (tertiary alicyclic amines) is 1. The molecule has 1 fully saturated rings. The van der Waals surface area contributed by atoms with Gasteiger partial charge in [0.2, 0.25) is 0 Å². The average molecular weight is 223 g/mol. The van der Waals surface area contributed by atoms with Crippen molar-refractivity contribution in [2.75, 3.05) is 13.1 Å². The maximum absolute atomic E-state index is 12.8. The van der Waals surface area contributed by atoms with Crippen molar-refractivity contribution in [2.45, 2.75) is 31.9 Å². The van der Waals surface area contributed by atoms with Gasteiger partial charge in [0.15, 0.2) is 0 Å². The van der Waals surface area contributed by atoms with E-state index < -0.39 is 0 Å². The van der Waals surface area contributed by atoms with Gasteiger partial charge in [0.05, 0.1) is 6.10 Å². The number of rotatable bonds is 2. The van der Waals surface area contributed by atoms with Crippen molar-refractivity contribution in [1.82, 2.24) is 4.90 Å². The van der Waals surface area contributed by atoms with Gasteiger partial charge in [-0.05, 0) is 37.5 Å². The molecule has 0 radical (unpaired) electrons. The summed E-state index contributed by atoms with van der Waals surface area (Å²) in [4.78, 5) is 2.33. The van der Waals surface area contributed by atoms with Gasteiger partial charge in [-0.3, -0.25) is 4.90 Å². The Hall–Kier alpha value is -0.930. The van der Waals surface area contributed by atoms with Crippen molar-refractivity contribution in [2.24, 2.45) is 0 Å². The SMILES string of the molecule is C[C@@H](c1ccc(F)cc1)N1CCC(O)CC1. The van der Waals surface area contributed by atoms with E-state index in [4.69, 9.17) is 0 Å². The highest BCUT2D eigenvalue weighted by Crippen LogP contribution is 2.24. The maximum Gasteiger partial charge on any atom is 0.123 e. The van der Waals surface area contributed by atoms with E-state index in [-0.39, 0.29) is 11.9 Å². The number of hydrogen-bond acceptors (Lipinski definition) is 2. The molecule has 1 saturated heterocycles. The molecule has 1 N–H and O–H groups in total. The molecule has 0 saturated carbocycles. The molecule has 1 atom stereocenters. The number of piperidine rings is 1. The first kappa shape index (κ1) is 11.6. The van der Waals surface area contributed by atoms with Crippen molar-refractivity contribution >= 4 is 0 Å². The number of hydrogen-bond donors (Lipinski definition) is 1. The molecule has 1 aromatic rings. The largest absolute Gasteiger partial charge is 0.393 e. The van der Waals surface area contributed by atoms with Crippen LogP contribution < -0.4 is 0 Å². The number of aliphatic hydroxyl groups is 1. The Bertz CT molecular complexity index is 330. The Morgan fingerprint density at radius 1 is 1.25 bits per heavy atom. The molecule has 16 heavy (non-hydrogen) atoms. The van der Waals surface area contributed by atoms with E-state index in [9.17, 15) is 9.50 Å². The van der Waals surface area contributed by atoms with Crippen molar-refractivity contribution in [1.29, 1.82) is 0 Å². The van der Waals surface area contributed by atoms with E-state index in [1.807, 2.05) is 12.1 Å². The molecule has 1 heterocycles. The fourth-order valence-corrected chi connectivity index (χ4v) is 2.23. The van der Waals surface area contributed by atoms with Gasteiger partial charge in [-0.2, -0.15) is 0 Å². The Labute approximate surface area is 95.7 Å². The van der Waals surface area contributed by atoms with Gasteiger partial charge in [-0.25, -0.2) is 4.39 Å². The van der Waals surface area contributed by atoms with E-state index in [2.05, 4.69) is 11.8 Å².